The summed E-state index contributed by atoms with van der Waals surface area (Å²) in [5, 5.41) is 22.6. The monoisotopic (exact) mass is 530 g/mol. The van der Waals surface area contributed by atoms with Crippen LogP contribution in [0.5, 0.6) is 0 Å². The first-order valence-electron chi connectivity index (χ1n) is 13.5. The van der Waals surface area contributed by atoms with Crippen LogP contribution in [0.25, 0.3) is 0 Å². The van der Waals surface area contributed by atoms with E-state index in [2.05, 4.69) is 24.4 Å². The molecule has 9 heteroatoms. The quantitative estimate of drug-likeness (QED) is 0.190. The summed E-state index contributed by atoms with van der Waals surface area (Å²) >= 11 is 0. The van der Waals surface area contributed by atoms with Gasteiger partial charge in [0.2, 0.25) is 5.91 Å². The van der Waals surface area contributed by atoms with Crippen LogP contribution in [0, 0.1) is 17.2 Å². The van der Waals surface area contributed by atoms with E-state index in [1.165, 1.54) is 13.0 Å². The number of hydrogen-bond acceptors (Lipinski definition) is 8. The molecule has 3 fully saturated rings. The molecule has 210 valence electrons. The van der Waals surface area contributed by atoms with E-state index in [1.807, 2.05) is 26.0 Å². The van der Waals surface area contributed by atoms with Crippen LogP contribution in [-0.4, -0.2) is 71.9 Å². The SMILES string of the molecule is CC(=O)O[C@@H](C)/C=C\C(=O)N[C@@H]1C[C@H](C)[C@H](C/C=C(C)/C=C/[C@H]2O[C@H](CCC#N)C[C@@]3(CO3)[C@@H]2O)O[C@@H]1C. The predicted molar refractivity (Wildman–Crippen MR) is 141 cm³/mol. The van der Waals surface area contributed by atoms with Gasteiger partial charge < -0.3 is 29.4 Å². The summed E-state index contributed by atoms with van der Waals surface area (Å²) < 4.78 is 22.9. The van der Waals surface area contributed by atoms with Gasteiger partial charge in [0, 0.05) is 25.8 Å². The Bertz CT molecular complexity index is 964. The highest BCUT2D eigenvalue weighted by Crippen LogP contribution is 2.43. The Morgan fingerprint density at radius 2 is 2.00 bits per heavy atom. The molecule has 3 saturated heterocycles. The molecule has 3 aliphatic heterocycles. The van der Waals surface area contributed by atoms with Gasteiger partial charge in [0.05, 0.1) is 37.0 Å². The molecule has 0 radical (unpaired) electrons. The number of aliphatic hydroxyl groups is 1. The lowest BCUT2D eigenvalue weighted by Crippen LogP contribution is -2.50. The van der Waals surface area contributed by atoms with Gasteiger partial charge in [0.25, 0.3) is 0 Å². The topological polar surface area (TPSA) is 130 Å². The Kier molecular flexibility index (Phi) is 10.7. The van der Waals surface area contributed by atoms with Crippen molar-refractivity contribution in [2.45, 2.75) is 115 Å². The van der Waals surface area contributed by atoms with Gasteiger partial charge in [-0.05, 0) is 52.0 Å². The first-order chi connectivity index (χ1) is 18.0. The molecule has 9 nitrogen and oxygen atoms in total. The summed E-state index contributed by atoms with van der Waals surface area (Å²) in [5.41, 5.74) is 0.506. The molecular weight excluding hydrogens is 488 g/mol. The molecule has 1 spiro atoms. The van der Waals surface area contributed by atoms with E-state index in [1.54, 1.807) is 13.0 Å². The van der Waals surface area contributed by atoms with Crippen molar-refractivity contribution in [3.05, 3.63) is 36.0 Å². The van der Waals surface area contributed by atoms with Gasteiger partial charge in [0.15, 0.2) is 0 Å². The zero-order valence-corrected chi connectivity index (χ0v) is 23.1. The summed E-state index contributed by atoms with van der Waals surface area (Å²) in [6.07, 6.45) is 10.2. The fourth-order valence-electron chi connectivity index (χ4n) is 5.16. The van der Waals surface area contributed by atoms with Crippen LogP contribution in [-0.2, 0) is 28.5 Å². The Labute approximate surface area is 225 Å². The third-order valence-corrected chi connectivity index (χ3v) is 7.50. The van der Waals surface area contributed by atoms with Gasteiger partial charge in [-0.1, -0.05) is 30.7 Å². The molecule has 0 aromatic carbocycles. The van der Waals surface area contributed by atoms with E-state index in [4.69, 9.17) is 24.2 Å². The lowest BCUT2D eigenvalue weighted by atomic mass is 9.87. The maximum Gasteiger partial charge on any atom is 0.303 e. The number of nitrogens with one attached hydrogen (secondary N) is 1. The summed E-state index contributed by atoms with van der Waals surface area (Å²) in [6.45, 7) is 9.65. The maximum absolute atomic E-state index is 12.3. The molecule has 38 heavy (non-hydrogen) atoms. The molecule has 0 unspecified atom stereocenters. The van der Waals surface area contributed by atoms with E-state index in [9.17, 15) is 14.7 Å². The molecule has 9 atom stereocenters. The lowest BCUT2D eigenvalue weighted by Gasteiger charge is -2.39. The minimum atomic E-state index is -0.723. The van der Waals surface area contributed by atoms with Crippen molar-refractivity contribution in [2.24, 2.45) is 5.92 Å². The zero-order chi connectivity index (χ0) is 27.9. The van der Waals surface area contributed by atoms with Crippen molar-refractivity contribution >= 4 is 11.9 Å². The van der Waals surface area contributed by atoms with E-state index in [0.29, 0.717) is 25.9 Å². The second-order valence-electron chi connectivity index (χ2n) is 10.8. The Morgan fingerprint density at radius 3 is 2.66 bits per heavy atom. The number of rotatable bonds is 10. The molecule has 3 heterocycles. The van der Waals surface area contributed by atoms with Crippen LogP contribution >= 0.6 is 0 Å². The number of nitrogens with zero attached hydrogens (tertiary/aromatic N) is 1. The zero-order valence-electron chi connectivity index (χ0n) is 23.1. The molecule has 0 aromatic heterocycles. The molecule has 2 N–H and O–H groups in total. The summed E-state index contributed by atoms with van der Waals surface area (Å²) in [5.74, 6) is -0.389. The number of epoxide rings is 1. The third-order valence-electron chi connectivity index (χ3n) is 7.50. The highest BCUT2D eigenvalue weighted by atomic mass is 16.6. The average molecular weight is 531 g/mol. The minimum Gasteiger partial charge on any atom is -0.459 e. The van der Waals surface area contributed by atoms with Gasteiger partial charge in [-0.3, -0.25) is 9.59 Å². The second-order valence-corrected chi connectivity index (χ2v) is 10.8. The fraction of sp³-hybridized carbons (Fsp3) is 0.690. The number of carbonyl (C=O) groups is 2. The van der Waals surface area contributed by atoms with Crippen molar-refractivity contribution in [3.8, 4) is 6.07 Å². The standard InChI is InChI=1S/C29H42N2O7/c1-18(9-12-26-28(34)29(17-35-29)16-23(38-26)7-6-14-30)8-11-25-19(2)15-24(21(4)37-25)31-27(33)13-10-20(3)36-22(5)32/h8-10,12-13,19-21,23-26,28,34H,6-7,11,15-17H2,1-5H3,(H,31,33)/b12-9+,13-10-,18-8+/t19-,20-,21+,23+,24+,25-,26+,28+,29+/m0/s1. The summed E-state index contributed by atoms with van der Waals surface area (Å²) in [6, 6.07) is 2.05. The van der Waals surface area contributed by atoms with Crippen LogP contribution in [0.15, 0.2) is 36.0 Å². The highest BCUT2D eigenvalue weighted by Gasteiger charge is 2.58. The highest BCUT2D eigenvalue weighted by molar-refractivity contribution is 5.87. The van der Waals surface area contributed by atoms with Crippen molar-refractivity contribution in [2.75, 3.05) is 6.61 Å². The molecule has 3 aliphatic rings. The first kappa shape index (κ1) is 30.0. The fourth-order valence-corrected chi connectivity index (χ4v) is 5.16. The van der Waals surface area contributed by atoms with Crippen molar-refractivity contribution in [3.63, 3.8) is 0 Å². The van der Waals surface area contributed by atoms with Gasteiger partial charge in [0.1, 0.15) is 23.9 Å². The number of amides is 1. The molecule has 0 saturated carbocycles. The number of allylic oxidation sites excluding steroid dienone is 2. The molecule has 1 amide bonds. The van der Waals surface area contributed by atoms with Crippen LogP contribution in [0.2, 0.25) is 0 Å². The van der Waals surface area contributed by atoms with Crippen LogP contribution < -0.4 is 5.32 Å². The number of carbonyl (C=O) groups excluding carboxylic acids is 2. The van der Waals surface area contributed by atoms with Crippen LogP contribution in [0.4, 0.5) is 0 Å². The van der Waals surface area contributed by atoms with Gasteiger partial charge >= 0.3 is 5.97 Å². The summed E-state index contributed by atoms with van der Waals surface area (Å²) in [4.78, 5) is 23.3. The molecule has 0 aliphatic carbocycles. The molecule has 0 aromatic rings. The number of hydrogen-bond donors (Lipinski definition) is 2. The average Bonchev–Trinajstić information content (AvgIpc) is 3.63. The van der Waals surface area contributed by atoms with Crippen molar-refractivity contribution in [1.82, 2.24) is 5.32 Å². The van der Waals surface area contributed by atoms with Crippen molar-refractivity contribution < 1.29 is 33.6 Å². The van der Waals surface area contributed by atoms with Gasteiger partial charge in [-0.25, -0.2) is 0 Å². The number of aliphatic hydroxyl groups excluding tert-OH is 1. The number of esters is 1. The third kappa shape index (κ3) is 8.50. The van der Waals surface area contributed by atoms with E-state index >= 15 is 0 Å². The second kappa shape index (κ2) is 13.5. The predicted octanol–water partition coefficient (Wildman–Crippen LogP) is 3.28. The Hall–Kier alpha value is -2.51. The largest absolute Gasteiger partial charge is 0.459 e. The minimum absolute atomic E-state index is 0.0241. The normalized spacial score (nSPS) is 36.2. The Morgan fingerprint density at radius 1 is 1.26 bits per heavy atom. The first-order valence-corrected chi connectivity index (χ1v) is 13.5. The molecule has 0 bridgehead atoms. The van der Waals surface area contributed by atoms with Gasteiger partial charge in [-0.2, -0.15) is 5.26 Å². The van der Waals surface area contributed by atoms with E-state index in [0.717, 1.165) is 18.4 Å². The van der Waals surface area contributed by atoms with E-state index < -0.39 is 29.9 Å². The maximum atomic E-state index is 12.3. The number of ether oxygens (including phenoxy) is 4. The van der Waals surface area contributed by atoms with Crippen molar-refractivity contribution in [1.29, 1.82) is 5.26 Å². The molecule has 3 rings (SSSR count). The van der Waals surface area contributed by atoms with Crippen LogP contribution in [0.3, 0.4) is 0 Å². The number of nitriles is 1. The van der Waals surface area contributed by atoms with Gasteiger partial charge in [-0.15, -0.1) is 0 Å². The smallest absolute Gasteiger partial charge is 0.303 e. The Balaban J connectivity index is 1.49. The summed E-state index contributed by atoms with van der Waals surface area (Å²) in [7, 11) is 0. The lowest BCUT2D eigenvalue weighted by molar-refractivity contribution is -0.143. The molecular formula is C29H42N2O7. The van der Waals surface area contributed by atoms with Crippen LogP contribution in [0.1, 0.15) is 66.7 Å². The van der Waals surface area contributed by atoms with E-state index in [-0.39, 0.29) is 36.2 Å².